The second-order valence-electron chi connectivity index (χ2n) is 6.93. The molecule has 0 aliphatic carbocycles. The zero-order chi connectivity index (χ0) is 20.1. The van der Waals surface area contributed by atoms with Crippen LogP contribution in [0.2, 0.25) is 0 Å². The predicted molar refractivity (Wildman–Crippen MR) is 110 cm³/mol. The zero-order valence-electron chi connectivity index (χ0n) is 15.8. The van der Waals surface area contributed by atoms with Crippen molar-refractivity contribution in [3.8, 4) is 5.75 Å². The van der Waals surface area contributed by atoms with Crippen LogP contribution in [-0.4, -0.2) is 43.4 Å². The summed E-state index contributed by atoms with van der Waals surface area (Å²) in [6.45, 7) is 2.90. The Labute approximate surface area is 173 Å². The monoisotopic (exact) mass is 469 g/mol. The first-order valence-electron chi connectivity index (χ1n) is 9.36. The molecule has 0 N–H and O–H groups in total. The van der Waals surface area contributed by atoms with Crippen LogP contribution < -0.4 is 4.74 Å². The van der Waals surface area contributed by atoms with E-state index >= 15 is 0 Å². The van der Waals surface area contributed by atoms with Gasteiger partial charge in [-0.3, -0.25) is 4.79 Å². The van der Waals surface area contributed by atoms with Crippen LogP contribution in [0.5, 0.6) is 5.75 Å². The lowest BCUT2D eigenvalue weighted by molar-refractivity contribution is 0.0665. The smallest absolute Gasteiger partial charge is 0.254 e. The van der Waals surface area contributed by atoms with Gasteiger partial charge in [0.2, 0.25) is 0 Å². The third-order valence-electron chi connectivity index (χ3n) is 4.71. The molecule has 0 radical (unpaired) electrons. The Morgan fingerprint density at radius 3 is 2.79 bits per heavy atom. The minimum atomic E-state index is -3.12. The molecule has 1 atom stereocenters. The summed E-state index contributed by atoms with van der Waals surface area (Å²) in [6.07, 6.45) is 2.40. The van der Waals surface area contributed by atoms with E-state index in [1.807, 2.05) is 6.07 Å². The number of nitrogens with zero attached hydrogens (tertiary/aromatic N) is 1. The summed E-state index contributed by atoms with van der Waals surface area (Å²) in [5.41, 5.74) is 0.476. The SMILES string of the molecule is CCCCOc1cccc(C(=O)N(Cc2ccc(Br)o2)[C@@H]2CCS(=O)(=O)C2)c1. The van der Waals surface area contributed by atoms with Crippen molar-refractivity contribution in [2.24, 2.45) is 0 Å². The number of amides is 1. The summed E-state index contributed by atoms with van der Waals surface area (Å²) in [5.74, 6) is 1.09. The number of halogens is 1. The molecule has 2 aromatic rings. The molecule has 28 heavy (non-hydrogen) atoms. The number of ether oxygens (including phenoxy) is 1. The van der Waals surface area contributed by atoms with Crippen molar-refractivity contribution < 1.29 is 22.4 Å². The van der Waals surface area contributed by atoms with Crippen molar-refractivity contribution in [2.75, 3.05) is 18.1 Å². The summed E-state index contributed by atoms with van der Waals surface area (Å²) < 4.78 is 35.8. The Balaban J connectivity index is 1.82. The van der Waals surface area contributed by atoms with Crippen LogP contribution >= 0.6 is 15.9 Å². The molecule has 1 saturated heterocycles. The van der Waals surface area contributed by atoms with Gasteiger partial charge >= 0.3 is 0 Å². The molecular weight excluding hydrogens is 446 g/mol. The zero-order valence-corrected chi connectivity index (χ0v) is 18.2. The van der Waals surface area contributed by atoms with Gasteiger partial charge in [0, 0.05) is 11.6 Å². The first-order chi connectivity index (χ1) is 13.4. The minimum absolute atomic E-state index is 0.0205. The quantitative estimate of drug-likeness (QED) is 0.544. The van der Waals surface area contributed by atoms with Crippen LogP contribution in [0, 0.1) is 0 Å². The number of benzene rings is 1. The second-order valence-corrected chi connectivity index (χ2v) is 9.94. The molecule has 1 aromatic carbocycles. The molecule has 1 fully saturated rings. The van der Waals surface area contributed by atoms with Crippen molar-refractivity contribution in [1.82, 2.24) is 4.90 Å². The van der Waals surface area contributed by atoms with Gasteiger partial charge in [0.15, 0.2) is 14.5 Å². The molecule has 6 nitrogen and oxygen atoms in total. The third kappa shape index (κ3) is 5.38. The maximum absolute atomic E-state index is 13.3. The van der Waals surface area contributed by atoms with Crippen LogP contribution in [-0.2, 0) is 16.4 Å². The molecule has 2 heterocycles. The van der Waals surface area contributed by atoms with Gasteiger partial charge < -0.3 is 14.1 Å². The Kier molecular flexibility index (Phi) is 6.82. The van der Waals surface area contributed by atoms with Crippen molar-refractivity contribution in [3.63, 3.8) is 0 Å². The Morgan fingerprint density at radius 1 is 1.32 bits per heavy atom. The average Bonchev–Trinajstić information content (AvgIpc) is 3.24. The van der Waals surface area contributed by atoms with Crippen LogP contribution in [0.4, 0.5) is 0 Å². The molecule has 1 aliphatic heterocycles. The van der Waals surface area contributed by atoms with Crippen LogP contribution in [0.15, 0.2) is 45.5 Å². The van der Waals surface area contributed by atoms with E-state index in [1.165, 1.54) is 0 Å². The molecular formula is C20H24BrNO5S. The van der Waals surface area contributed by atoms with Gasteiger partial charge in [-0.1, -0.05) is 19.4 Å². The summed E-state index contributed by atoms with van der Waals surface area (Å²) in [7, 11) is -3.12. The molecule has 152 valence electrons. The van der Waals surface area contributed by atoms with Gasteiger partial charge in [-0.25, -0.2) is 8.42 Å². The molecule has 0 unspecified atom stereocenters. The summed E-state index contributed by atoms with van der Waals surface area (Å²) in [6, 6.07) is 10.2. The highest BCUT2D eigenvalue weighted by atomic mass is 79.9. The molecule has 0 bridgehead atoms. The number of sulfone groups is 1. The van der Waals surface area contributed by atoms with Gasteiger partial charge in [-0.05, 0) is 59.1 Å². The highest BCUT2D eigenvalue weighted by Gasteiger charge is 2.35. The standard InChI is InChI=1S/C20H24BrNO5S/c1-2-3-10-26-17-6-4-5-15(12-17)20(23)22(13-18-7-8-19(21)27-18)16-9-11-28(24,25)14-16/h4-8,12,16H,2-3,9-11,13-14H2,1H3/t16-/m1/s1. The fraction of sp³-hybridized carbons (Fsp3) is 0.450. The van der Waals surface area contributed by atoms with Gasteiger partial charge in [-0.15, -0.1) is 0 Å². The van der Waals surface area contributed by atoms with Gasteiger partial charge in [0.25, 0.3) is 5.91 Å². The fourth-order valence-corrected chi connectivity index (χ4v) is 5.28. The van der Waals surface area contributed by atoms with Crippen LogP contribution in [0.25, 0.3) is 0 Å². The minimum Gasteiger partial charge on any atom is -0.494 e. The van der Waals surface area contributed by atoms with E-state index in [0.717, 1.165) is 12.8 Å². The lowest BCUT2D eigenvalue weighted by Gasteiger charge is -2.27. The van der Waals surface area contributed by atoms with E-state index in [1.54, 1.807) is 35.2 Å². The Morgan fingerprint density at radius 2 is 2.14 bits per heavy atom. The second kappa shape index (κ2) is 9.13. The number of carbonyl (C=O) groups is 1. The van der Waals surface area contributed by atoms with E-state index in [2.05, 4.69) is 22.9 Å². The number of unbranched alkanes of at least 4 members (excludes halogenated alkanes) is 1. The lowest BCUT2D eigenvalue weighted by atomic mass is 10.1. The Hall–Kier alpha value is -1.80. The Bertz CT molecular complexity index is 924. The van der Waals surface area contributed by atoms with Gasteiger partial charge in [0.1, 0.15) is 11.5 Å². The fourth-order valence-electron chi connectivity index (χ4n) is 3.21. The summed E-state index contributed by atoms with van der Waals surface area (Å²) in [4.78, 5) is 14.9. The summed E-state index contributed by atoms with van der Waals surface area (Å²) >= 11 is 3.26. The molecule has 0 spiro atoms. The van der Waals surface area contributed by atoms with Crippen LogP contribution in [0.1, 0.15) is 42.3 Å². The van der Waals surface area contributed by atoms with Crippen molar-refractivity contribution in [1.29, 1.82) is 0 Å². The first-order valence-corrected chi connectivity index (χ1v) is 12.0. The number of furan rings is 1. The van der Waals surface area contributed by atoms with Gasteiger partial charge in [-0.2, -0.15) is 0 Å². The molecule has 1 aliphatic rings. The molecule has 1 aromatic heterocycles. The topological polar surface area (TPSA) is 76.8 Å². The highest BCUT2D eigenvalue weighted by molar-refractivity contribution is 9.10. The number of hydrogen-bond acceptors (Lipinski definition) is 5. The van der Waals surface area contributed by atoms with Gasteiger partial charge in [0.05, 0.1) is 24.7 Å². The largest absolute Gasteiger partial charge is 0.494 e. The number of hydrogen-bond donors (Lipinski definition) is 0. The number of rotatable bonds is 8. The third-order valence-corrected chi connectivity index (χ3v) is 6.89. The molecule has 0 saturated carbocycles. The van der Waals surface area contributed by atoms with E-state index in [9.17, 15) is 13.2 Å². The lowest BCUT2D eigenvalue weighted by Crippen LogP contribution is -2.40. The van der Waals surface area contributed by atoms with E-state index in [-0.39, 0.29) is 30.0 Å². The average molecular weight is 470 g/mol. The predicted octanol–water partition coefficient (Wildman–Crippen LogP) is 4.05. The first kappa shape index (κ1) is 20.9. The highest BCUT2D eigenvalue weighted by Crippen LogP contribution is 2.25. The summed E-state index contributed by atoms with van der Waals surface area (Å²) in [5, 5.41) is 0. The van der Waals surface area contributed by atoms with E-state index in [0.29, 0.717) is 34.8 Å². The molecule has 8 heteroatoms. The molecule has 3 rings (SSSR count). The van der Waals surface area contributed by atoms with E-state index in [4.69, 9.17) is 9.15 Å². The van der Waals surface area contributed by atoms with Crippen molar-refractivity contribution in [2.45, 2.75) is 38.8 Å². The molecule has 1 amide bonds. The van der Waals surface area contributed by atoms with Crippen LogP contribution in [0.3, 0.4) is 0 Å². The maximum Gasteiger partial charge on any atom is 0.254 e. The number of carbonyl (C=O) groups excluding carboxylic acids is 1. The maximum atomic E-state index is 13.3. The van der Waals surface area contributed by atoms with Crippen molar-refractivity contribution >= 4 is 31.7 Å². The normalized spacial score (nSPS) is 18.1. The van der Waals surface area contributed by atoms with E-state index < -0.39 is 9.84 Å². The van der Waals surface area contributed by atoms with Crippen molar-refractivity contribution in [3.05, 3.63) is 52.4 Å².